The van der Waals surface area contributed by atoms with Gasteiger partial charge in [-0.25, -0.2) is 4.79 Å². The average Bonchev–Trinajstić information content (AvgIpc) is 2.45. The SMILES string of the molecule is COCCCC(NC(=O)CSc1ccccc1)C(=O)O. The van der Waals surface area contributed by atoms with Crippen LogP contribution in [0.25, 0.3) is 0 Å². The van der Waals surface area contributed by atoms with Crippen LogP contribution in [0.1, 0.15) is 12.8 Å². The van der Waals surface area contributed by atoms with Crippen LogP contribution in [0.5, 0.6) is 0 Å². The van der Waals surface area contributed by atoms with Gasteiger partial charge in [-0.15, -0.1) is 11.8 Å². The van der Waals surface area contributed by atoms with Crippen LogP contribution < -0.4 is 5.32 Å². The molecule has 0 fully saturated rings. The lowest BCUT2D eigenvalue weighted by Crippen LogP contribution is -2.41. The molecule has 1 aromatic rings. The van der Waals surface area contributed by atoms with E-state index in [1.54, 1.807) is 7.11 Å². The number of carbonyl (C=O) groups is 2. The predicted octanol–water partition coefficient (Wildman–Crippen LogP) is 1.77. The molecule has 0 bridgehead atoms. The van der Waals surface area contributed by atoms with Crippen molar-refractivity contribution in [1.29, 1.82) is 0 Å². The number of nitrogens with one attached hydrogen (secondary N) is 1. The van der Waals surface area contributed by atoms with Gasteiger partial charge >= 0.3 is 5.97 Å². The number of thioether (sulfide) groups is 1. The van der Waals surface area contributed by atoms with E-state index in [-0.39, 0.29) is 11.7 Å². The van der Waals surface area contributed by atoms with Gasteiger partial charge in [-0.05, 0) is 25.0 Å². The molecule has 1 aromatic carbocycles. The van der Waals surface area contributed by atoms with Crippen molar-refractivity contribution in [3.05, 3.63) is 30.3 Å². The van der Waals surface area contributed by atoms with Crippen LogP contribution >= 0.6 is 11.8 Å². The summed E-state index contributed by atoms with van der Waals surface area (Å²) in [5.41, 5.74) is 0. The molecule has 110 valence electrons. The highest BCUT2D eigenvalue weighted by atomic mass is 32.2. The highest BCUT2D eigenvalue weighted by molar-refractivity contribution is 8.00. The summed E-state index contributed by atoms with van der Waals surface area (Å²) in [7, 11) is 1.56. The smallest absolute Gasteiger partial charge is 0.326 e. The molecule has 1 atom stereocenters. The van der Waals surface area contributed by atoms with Crippen molar-refractivity contribution in [3.63, 3.8) is 0 Å². The molecule has 0 aliphatic carbocycles. The molecule has 0 aliphatic heterocycles. The minimum absolute atomic E-state index is 0.206. The molecule has 1 rings (SSSR count). The first-order chi connectivity index (χ1) is 9.63. The Balaban J connectivity index is 2.36. The van der Waals surface area contributed by atoms with Crippen LogP contribution in [0.3, 0.4) is 0 Å². The minimum Gasteiger partial charge on any atom is -0.480 e. The fourth-order valence-electron chi connectivity index (χ4n) is 1.59. The Labute approximate surface area is 122 Å². The summed E-state index contributed by atoms with van der Waals surface area (Å²) >= 11 is 1.38. The van der Waals surface area contributed by atoms with E-state index in [1.165, 1.54) is 11.8 Å². The molecule has 6 heteroatoms. The molecule has 0 radical (unpaired) electrons. The quantitative estimate of drug-likeness (QED) is 0.537. The van der Waals surface area contributed by atoms with E-state index in [2.05, 4.69) is 5.32 Å². The molecule has 0 spiro atoms. The fourth-order valence-corrected chi connectivity index (χ4v) is 2.32. The molecule has 0 saturated carbocycles. The third kappa shape index (κ3) is 6.58. The van der Waals surface area contributed by atoms with Gasteiger partial charge in [-0.1, -0.05) is 18.2 Å². The second-order valence-corrected chi connectivity index (χ2v) is 5.24. The van der Waals surface area contributed by atoms with E-state index in [1.807, 2.05) is 30.3 Å². The van der Waals surface area contributed by atoms with Gasteiger partial charge in [-0.2, -0.15) is 0 Å². The van der Waals surface area contributed by atoms with Gasteiger partial charge in [0, 0.05) is 18.6 Å². The number of hydrogen-bond acceptors (Lipinski definition) is 4. The van der Waals surface area contributed by atoms with Crippen LogP contribution in [-0.4, -0.2) is 42.5 Å². The summed E-state index contributed by atoms with van der Waals surface area (Å²) in [5, 5.41) is 11.6. The number of hydrogen-bond donors (Lipinski definition) is 2. The maximum atomic E-state index is 11.7. The molecule has 20 heavy (non-hydrogen) atoms. The normalized spacial score (nSPS) is 11.8. The molecule has 0 heterocycles. The summed E-state index contributed by atoms with van der Waals surface area (Å²) in [4.78, 5) is 23.8. The van der Waals surface area contributed by atoms with Crippen molar-refractivity contribution in [2.45, 2.75) is 23.8 Å². The monoisotopic (exact) mass is 297 g/mol. The van der Waals surface area contributed by atoms with Gasteiger partial charge in [0.2, 0.25) is 5.91 Å². The number of rotatable bonds is 9. The standard InChI is InChI=1S/C14H19NO4S/c1-19-9-5-8-12(14(17)18)15-13(16)10-20-11-6-3-2-4-7-11/h2-4,6-7,12H,5,8-10H2,1H3,(H,15,16)(H,17,18). The van der Waals surface area contributed by atoms with Crippen molar-refractivity contribution < 1.29 is 19.4 Å². The lowest BCUT2D eigenvalue weighted by Gasteiger charge is -2.14. The van der Waals surface area contributed by atoms with Gasteiger partial charge in [0.05, 0.1) is 5.75 Å². The van der Waals surface area contributed by atoms with Gasteiger partial charge < -0.3 is 15.2 Å². The number of ether oxygens (including phenoxy) is 1. The second-order valence-electron chi connectivity index (χ2n) is 4.20. The maximum Gasteiger partial charge on any atom is 0.326 e. The van der Waals surface area contributed by atoms with Crippen LogP contribution in [-0.2, 0) is 14.3 Å². The van der Waals surface area contributed by atoms with Gasteiger partial charge in [0.25, 0.3) is 0 Å². The zero-order valence-corrected chi connectivity index (χ0v) is 12.2. The van der Waals surface area contributed by atoms with Crippen LogP contribution in [0.15, 0.2) is 35.2 Å². The summed E-state index contributed by atoms with van der Waals surface area (Å²) in [6.45, 7) is 0.485. The molecule has 0 aromatic heterocycles. The number of carbonyl (C=O) groups excluding carboxylic acids is 1. The maximum absolute atomic E-state index is 11.7. The molecular formula is C14H19NO4S. The number of methoxy groups -OCH3 is 1. The zero-order chi connectivity index (χ0) is 14.8. The summed E-state index contributed by atoms with van der Waals surface area (Å²) in [6, 6.07) is 8.65. The fraction of sp³-hybridized carbons (Fsp3) is 0.429. The Bertz CT molecular complexity index is 424. The second kappa shape index (κ2) is 9.39. The Kier molecular flexibility index (Phi) is 7.75. The first-order valence-electron chi connectivity index (χ1n) is 6.32. The summed E-state index contributed by atoms with van der Waals surface area (Å²) in [6.07, 6.45) is 0.963. The Morgan fingerprint density at radius 3 is 2.65 bits per heavy atom. The Morgan fingerprint density at radius 2 is 2.05 bits per heavy atom. The number of carboxylic acids is 1. The van der Waals surface area contributed by atoms with E-state index in [0.717, 1.165) is 4.90 Å². The number of carboxylic acid groups (broad SMARTS) is 1. The Hall–Kier alpha value is -1.53. The van der Waals surface area contributed by atoms with Crippen molar-refractivity contribution in [2.75, 3.05) is 19.5 Å². The molecule has 1 amide bonds. The minimum atomic E-state index is -1.01. The third-order valence-corrected chi connectivity index (χ3v) is 3.60. The van der Waals surface area contributed by atoms with Crippen molar-refractivity contribution in [3.8, 4) is 0 Å². The summed E-state index contributed by atoms with van der Waals surface area (Å²) < 4.78 is 4.87. The van der Waals surface area contributed by atoms with Gasteiger partial charge in [-0.3, -0.25) is 4.79 Å². The van der Waals surface area contributed by atoms with Gasteiger partial charge in [0.15, 0.2) is 0 Å². The lowest BCUT2D eigenvalue weighted by molar-refractivity contribution is -0.141. The topological polar surface area (TPSA) is 75.6 Å². The van der Waals surface area contributed by atoms with Crippen LogP contribution in [0.4, 0.5) is 0 Å². The molecule has 2 N–H and O–H groups in total. The molecule has 1 unspecified atom stereocenters. The van der Waals surface area contributed by atoms with Gasteiger partial charge in [0.1, 0.15) is 6.04 Å². The molecule has 5 nitrogen and oxygen atoms in total. The average molecular weight is 297 g/mol. The van der Waals surface area contributed by atoms with E-state index in [4.69, 9.17) is 9.84 Å². The van der Waals surface area contributed by atoms with E-state index >= 15 is 0 Å². The summed E-state index contributed by atoms with van der Waals surface area (Å²) in [5.74, 6) is -1.08. The molecule has 0 aliphatic rings. The number of amides is 1. The number of benzene rings is 1. The first kappa shape index (κ1) is 16.5. The van der Waals surface area contributed by atoms with Crippen LogP contribution in [0, 0.1) is 0 Å². The third-order valence-electron chi connectivity index (χ3n) is 2.59. The van der Waals surface area contributed by atoms with E-state index < -0.39 is 12.0 Å². The van der Waals surface area contributed by atoms with Crippen molar-refractivity contribution in [1.82, 2.24) is 5.32 Å². The molecular weight excluding hydrogens is 278 g/mol. The highest BCUT2D eigenvalue weighted by Crippen LogP contribution is 2.16. The lowest BCUT2D eigenvalue weighted by atomic mass is 10.1. The largest absolute Gasteiger partial charge is 0.480 e. The van der Waals surface area contributed by atoms with Crippen molar-refractivity contribution >= 4 is 23.6 Å². The van der Waals surface area contributed by atoms with Crippen molar-refractivity contribution in [2.24, 2.45) is 0 Å². The highest BCUT2D eigenvalue weighted by Gasteiger charge is 2.19. The predicted molar refractivity (Wildman–Crippen MR) is 77.8 cm³/mol. The molecule has 0 saturated heterocycles. The first-order valence-corrected chi connectivity index (χ1v) is 7.31. The van der Waals surface area contributed by atoms with E-state index in [0.29, 0.717) is 19.4 Å². The van der Waals surface area contributed by atoms with Crippen LogP contribution in [0.2, 0.25) is 0 Å². The zero-order valence-electron chi connectivity index (χ0n) is 11.4. The number of aliphatic carboxylic acids is 1. The van der Waals surface area contributed by atoms with E-state index in [9.17, 15) is 9.59 Å². The Morgan fingerprint density at radius 1 is 1.35 bits per heavy atom.